The normalized spacial score (nSPS) is 12.6. The Morgan fingerprint density at radius 3 is 2.85 bits per heavy atom. The van der Waals surface area contributed by atoms with E-state index in [4.69, 9.17) is 0 Å². The summed E-state index contributed by atoms with van der Waals surface area (Å²) in [6.07, 6.45) is 3.49. The molecule has 0 amide bonds. The number of anilines is 2. The molecule has 1 atom stereocenters. The third-order valence-electron chi connectivity index (χ3n) is 2.87. The second-order valence-electron chi connectivity index (χ2n) is 4.42. The lowest BCUT2D eigenvalue weighted by molar-refractivity contribution is 0.861. The zero-order valence-electron chi connectivity index (χ0n) is 11.4. The number of nitrogens with zero attached hydrogens (tertiary/aromatic N) is 4. The Hall–Kier alpha value is -2.22. The molecule has 20 heavy (non-hydrogen) atoms. The van der Waals surface area contributed by atoms with Gasteiger partial charge in [0.25, 0.3) is 0 Å². The standard InChI is InChI=1S/C12H15N7S/c1-6-4-14-11(20-6)7(2)17-10-8-9(16-5-15-8)18-12(13-3)19-10/h4-5,7H,1-3H3,(H3,13,15,16,17,18,19). The topological polar surface area (TPSA) is 91.4 Å². The number of hydrogen-bond acceptors (Lipinski definition) is 7. The Kier molecular flexibility index (Phi) is 3.23. The summed E-state index contributed by atoms with van der Waals surface area (Å²) < 4.78 is 0. The zero-order valence-corrected chi connectivity index (χ0v) is 12.2. The van der Waals surface area contributed by atoms with Crippen LogP contribution in [-0.2, 0) is 0 Å². The van der Waals surface area contributed by atoms with Gasteiger partial charge in [0.15, 0.2) is 11.5 Å². The van der Waals surface area contributed by atoms with Crippen molar-refractivity contribution in [3.63, 3.8) is 0 Å². The highest BCUT2D eigenvalue weighted by atomic mass is 32.1. The zero-order chi connectivity index (χ0) is 14.1. The molecular weight excluding hydrogens is 274 g/mol. The van der Waals surface area contributed by atoms with Crippen LogP contribution in [0.5, 0.6) is 0 Å². The van der Waals surface area contributed by atoms with Crippen molar-refractivity contribution >= 4 is 34.3 Å². The molecule has 0 aliphatic rings. The molecule has 3 rings (SSSR count). The molecule has 0 aliphatic heterocycles. The van der Waals surface area contributed by atoms with Gasteiger partial charge in [-0.2, -0.15) is 9.97 Å². The minimum atomic E-state index is 0.0693. The highest BCUT2D eigenvalue weighted by Gasteiger charge is 2.14. The summed E-state index contributed by atoms with van der Waals surface area (Å²) in [4.78, 5) is 21.5. The largest absolute Gasteiger partial charge is 0.359 e. The van der Waals surface area contributed by atoms with Crippen molar-refractivity contribution in [1.82, 2.24) is 24.9 Å². The van der Waals surface area contributed by atoms with Gasteiger partial charge in [0, 0.05) is 18.1 Å². The highest BCUT2D eigenvalue weighted by Crippen LogP contribution is 2.25. The molecule has 0 aromatic carbocycles. The van der Waals surface area contributed by atoms with Gasteiger partial charge in [-0.15, -0.1) is 11.3 Å². The van der Waals surface area contributed by atoms with E-state index in [1.807, 2.05) is 13.1 Å². The fourth-order valence-corrected chi connectivity index (χ4v) is 2.67. The Bertz CT molecular complexity index is 732. The molecule has 0 bridgehead atoms. The van der Waals surface area contributed by atoms with Gasteiger partial charge in [0.2, 0.25) is 5.95 Å². The van der Waals surface area contributed by atoms with Crippen LogP contribution >= 0.6 is 11.3 Å². The van der Waals surface area contributed by atoms with Gasteiger partial charge < -0.3 is 15.6 Å². The van der Waals surface area contributed by atoms with Crippen molar-refractivity contribution in [2.45, 2.75) is 19.9 Å². The number of rotatable bonds is 4. The van der Waals surface area contributed by atoms with Crippen molar-refractivity contribution in [2.75, 3.05) is 17.7 Å². The van der Waals surface area contributed by atoms with E-state index < -0.39 is 0 Å². The van der Waals surface area contributed by atoms with Crippen LogP contribution in [0.15, 0.2) is 12.5 Å². The smallest absolute Gasteiger partial charge is 0.226 e. The van der Waals surface area contributed by atoms with Gasteiger partial charge in [-0.25, -0.2) is 9.97 Å². The fraction of sp³-hybridized carbons (Fsp3) is 0.333. The molecule has 0 radical (unpaired) electrons. The Morgan fingerprint density at radius 2 is 2.15 bits per heavy atom. The average molecular weight is 289 g/mol. The number of hydrogen-bond donors (Lipinski definition) is 3. The highest BCUT2D eigenvalue weighted by molar-refractivity contribution is 7.11. The number of nitrogens with one attached hydrogen (secondary N) is 3. The van der Waals surface area contributed by atoms with Crippen LogP contribution in [0, 0.1) is 6.92 Å². The summed E-state index contributed by atoms with van der Waals surface area (Å²) in [6, 6.07) is 0.0693. The number of imidazole rings is 1. The summed E-state index contributed by atoms with van der Waals surface area (Å²) in [5.41, 5.74) is 1.43. The molecule has 1 unspecified atom stereocenters. The lowest BCUT2D eigenvalue weighted by Gasteiger charge is -2.13. The molecule has 0 spiro atoms. The maximum atomic E-state index is 4.44. The van der Waals surface area contributed by atoms with E-state index in [9.17, 15) is 0 Å². The second kappa shape index (κ2) is 5.04. The average Bonchev–Trinajstić information content (AvgIpc) is 3.06. The van der Waals surface area contributed by atoms with E-state index in [0.717, 1.165) is 16.3 Å². The quantitative estimate of drug-likeness (QED) is 0.683. The van der Waals surface area contributed by atoms with Crippen molar-refractivity contribution in [2.24, 2.45) is 0 Å². The van der Waals surface area contributed by atoms with Crippen LogP contribution in [0.25, 0.3) is 11.2 Å². The molecule has 0 saturated carbocycles. The van der Waals surface area contributed by atoms with Gasteiger partial charge in [-0.3, -0.25) is 0 Å². The molecule has 3 aromatic heterocycles. The van der Waals surface area contributed by atoms with Gasteiger partial charge in [-0.05, 0) is 13.8 Å². The van der Waals surface area contributed by atoms with E-state index >= 15 is 0 Å². The number of aromatic amines is 1. The Balaban J connectivity index is 1.95. The van der Waals surface area contributed by atoms with Gasteiger partial charge in [-0.1, -0.05) is 0 Å². The first kappa shape index (κ1) is 12.8. The first-order valence-corrected chi connectivity index (χ1v) is 7.06. The van der Waals surface area contributed by atoms with Crippen LogP contribution in [0.4, 0.5) is 11.8 Å². The number of aryl methyl sites for hydroxylation is 1. The lowest BCUT2D eigenvalue weighted by atomic mass is 10.3. The molecule has 0 saturated heterocycles. The molecule has 3 N–H and O–H groups in total. The van der Waals surface area contributed by atoms with Crippen LogP contribution in [0.3, 0.4) is 0 Å². The van der Waals surface area contributed by atoms with Crippen LogP contribution < -0.4 is 10.6 Å². The number of thiazole rings is 1. The van der Waals surface area contributed by atoms with E-state index in [0.29, 0.717) is 11.6 Å². The molecule has 0 fully saturated rings. The van der Waals surface area contributed by atoms with Crippen molar-refractivity contribution in [3.8, 4) is 0 Å². The van der Waals surface area contributed by atoms with Crippen molar-refractivity contribution in [3.05, 3.63) is 22.4 Å². The maximum Gasteiger partial charge on any atom is 0.226 e. The summed E-state index contributed by atoms with van der Waals surface area (Å²) in [5, 5.41) is 7.33. The minimum absolute atomic E-state index is 0.0693. The van der Waals surface area contributed by atoms with Crippen LogP contribution in [0.1, 0.15) is 22.9 Å². The summed E-state index contributed by atoms with van der Waals surface area (Å²) in [5.74, 6) is 1.26. The summed E-state index contributed by atoms with van der Waals surface area (Å²) in [6.45, 7) is 4.10. The van der Waals surface area contributed by atoms with Crippen LogP contribution in [0.2, 0.25) is 0 Å². The second-order valence-corrected chi connectivity index (χ2v) is 5.69. The predicted octanol–water partition coefficient (Wildman–Crippen LogP) is 2.33. The molecular formula is C12H15N7S. The summed E-state index contributed by atoms with van der Waals surface area (Å²) >= 11 is 1.67. The van der Waals surface area contributed by atoms with Gasteiger partial charge in [0.1, 0.15) is 10.5 Å². The van der Waals surface area contributed by atoms with Crippen molar-refractivity contribution in [1.29, 1.82) is 0 Å². The molecule has 3 aromatic rings. The lowest BCUT2D eigenvalue weighted by Crippen LogP contribution is -2.10. The van der Waals surface area contributed by atoms with E-state index in [2.05, 4.69) is 42.5 Å². The van der Waals surface area contributed by atoms with Gasteiger partial charge >= 0.3 is 0 Å². The van der Waals surface area contributed by atoms with Crippen molar-refractivity contribution < 1.29 is 0 Å². The molecule has 3 heterocycles. The molecule has 7 nitrogen and oxygen atoms in total. The molecule has 0 aliphatic carbocycles. The fourth-order valence-electron chi connectivity index (χ4n) is 1.89. The third kappa shape index (κ3) is 2.29. The monoisotopic (exact) mass is 289 g/mol. The first-order chi connectivity index (χ1) is 9.67. The first-order valence-electron chi connectivity index (χ1n) is 6.25. The Labute approximate surface area is 119 Å². The minimum Gasteiger partial charge on any atom is -0.359 e. The van der Waals surface area contributed by atoms with Crippen LogP contribution in [-0.4, -0.2) is 32.0 Å². The third-order valence-corrected chi connectivity index (χ3v) is 3.97. The molecule has 104 valence electrons. The van der Waals surface area contributed by atoms with Gasteiger partial charge in [0.05, 0.1) is 12.4 Å². The molecule has 8 heteroatoms. The maximum absolute atomic E-state index is 4.44. The Morgan fingerprint density at radius 1 is 1.30 bits per heavy atom. The number of H-pyrrole nitrogens is 1. The van der Waals surface area contributed by atoms with E-state index in [1.54, 1.807) is 24.7 Å². The SMILES string of the molecule is CNc1nc(NC(C)c2ncc(C)s2)c2[nH]cnc2n1. The number of aromatic nitrogens is 5. The summed E-state index contributed by atoms with van der Waals surface area (Å²) in [7, 11) is 1.78. The predicted molar refractivity (Wildman–Crippen MR) is 80.1 cm³/mol. The number of fused-ring (bicyclic) bond motifs is 1. The van der Waals surface area contributed by atoms with E-state index in [1.165, 1.54) is 4.88 Å². The van der Waals surface area contributed by atoms with E-state index in [-0.39, 0.29) is 6.04 Å².